The second-order valence-electron chi connectivity index (χ2n) is 17.9. The first-order valence-electron chi connectivity index (χ1n) is 22.1. The van der Waals surface area contributed by atoms with Gasteiger partial charge in [0, 0.05) is 17.3 Å². The average molecular weight is 869 g/mol. The Hall–Kier alpha value is -6.36. The van der Waals surface area contributed by atoms with Crippen molar-refractivity contribution >= 4 is 59.2 Å². The number of hydrogen-bond acceptors (Lipinski definition) is 7. The molecule has 64 heavy (non-hydrogen) atoms. The van der Waals surface area contributed by atoms with Crippen molar-refractivity contribution in [2.75, 3.05) is 23.4 Å². The fourth-order valence-corrected chi connectivity index (χ4v) is 14.4. The molecule has 1 heterocycles. The third-order valence-electron chi connectivity index (χ3n) is 12.9. The number of rotatable bonds is 15. The van der Waals surface area contributed by atoms with E-state index in [0.29, 0.717) is 17.7 Å². The Kier molecular flexibility index (Phi) is 13.3. The molecule has 0 unspecified atom stereocenters. The number of carbonyl (C=O) groups excluding carboxylic acids is 2. The zero-order valence-corrected chi connectivity index (χ0v) is 37.6. The van der Waals surface area contributed by atoms with E-state index in [2.05, 4.69) is 56.4 Å². The maximum atomic E-state index is 14.7. The van der Waals surface area contributed by atoms with Crippen molar-refractivity contribution in [1.29, 1.82) is 0 Å². The van der Waals surface area contributed by atoms with E-state index in [1.165, 1.54) is 4.90 Å². The number of phenols is 1. The average Bonchev–Trinajstić information content (AvgIpc) is 3.57. The van der Waals surface area contributed by atoms with Crippen molar-refractivity contribution < 1.29 is 29.3 Å². The molecule has 6 aromatic carbocycles. The number of aliphatic hydroxyl groups is 2. The van der Waals surface area contributed by atoms with Gasteiger partial charge in [-0.3, -0.25) is 14.5 Å². The van der Waals surface area contributed by atoms with E-state index in [4.69, 9.17) is 4.43 Å². The largest absolute Gasteiger partial charge is 0.508 e. The van der Waals surface area contributed by atoms with E-state index in [9.17, 15) is 24.9 Å². The Morgan fingerprint density at radius 2 is 1.30 bits per heavy atom. The van der Waals surface area contributed by atoms with Gasteiger partial charge in [0.15, 0.2) is 0 Å². The number of benzene rings is 6. The summed E-state index contributed by atoms with van der Waals surface area (Å²) >= 11 is 0. The number of aliphatic hydroxyl groups excluding tert-OH is 2. The van der Waals surface area contributed by atoms with Gasteiger partial charge in [-0.1, -0.05) is 148 Å². The molecule has 0 saturated carbocycles. The quantitative estimate of drug-likeness (QED) is 0.0352. The van der Waals surface area contributed by atoms with Crippen molar-refractivity contribution in [3.63, 3.8) is 0 Å². The summed E-state index contributed by atoms with van der Waals surface area (Å²) in [6, 6.07) is 54.6. The first-order valence-corrected chi connectivity index (χ1v) is 24.0. The highest BCUT2D eigenvalue weighted by Gasteiger charge is 2.56. The smallest absolute Gasteiger partial charge is 0.261 e. The van der Waals surface area contributed by atoms with Gasteiger partial charge < -0.3 is 25.1 Å². The lowest BCUT2D eigenvalue weighted by Crippen LogP contribution is -2.66. The van der Waals surface area contributed by atoms with Crippen LogP contribution in [-0.4, -0.2) is 54.8 Å². The molecule has 2 aliphatic rings. The minimum atomic E-state index is -3.10. The van der Waals surface area contributed by atoms with Crippen molar-refractivity contribution in [3.05, 3.63) is 192 Å². The molecule has 8 nitrogen and oxygen atoms in total. The fraction of sp³-hybridized carbons (Fsp3) is 0.236. The highest BCUT2D eigenvalue weighted by molar-refractivity contribution is 6.99. The number of fused-ring (bicyclic) bond motifs is 1. The van der Waals surface area contributed by atoms with Gasteiger partial charge in [0.2, 0.25) is 11.8 Å². The molecule has 326 valence electrons. The predicted octanol–water partition coefficient (Wildman–Crippen LogP) is 9.51. The maximum absolute atomic E-state index is 14.7. The number of para-hydroxylation sites is 1. The summed E-state index contributed by atoms with van der Waals surface area (Å²) in [5.74, 6) is -2.98. The van der Waals surface area contributed by atoms with Gasteiger partial charge in [-0.25, -0.2) is 0 Å². The molecule has 6 aromatic rings. The van der Waals surface area contributed by atoms with Crippen LogP contribution in [-0.2, 0) is 14.0 Å². The normalized spacial score (nSPS) is 18.5. The summed E-state index contributed by atoms with van der Waals surface area (Å²) in [6.45, 7) is 6.30. The highest BCUT2D eigenvalue weighted by atomic mass is 28.4. The Balaban J connectivity index is 1.17. The van der Waals surface area contributed by atoms with Gasteiger partial charge in [0.25, 0.3) is 8.32 Å². The summed E-state index contributed by atoms with van der Waals surface area (Å²) in [4.78, 5) is 30.6. The molecule has 1 aliphatic heterocycles. The molecule has 0 bridgehead atoms. The van der Waals surface area contributed by atoms with Gasteiger partial charge in [0.05, 0.1) is 36.8 Å². The Bertz CT molecular complexity index is 2550. The standard InChI is InChI=1S/C55H56N2O6Si/c1-55(2,3)64(46-20-12-6-13-21-46,47-22-14-7-15-23-47)63-37-41-35-48-52(54(62)57(53(48)61)44-29-27-43(28-30-44)56-42-18-10-5-11-19-42)49(36-58)51(41)50(60)33-26-40(39-16-8-4-9-17-39)34-38-24-31-45(59)32-25-38/h4-25,27-32,34,48-50,52,56,58-60H,26,33,35-37H2,1-3H3/b40-34-/t48-,49+,50-,52-/m1/s1. The van der Waals surface area contributed by atoms with E-state index >= 15 is 0 Å². The third-order valence-corrected chi connectivity index (χ3v) is 17.9. The number of imide groups is 1. The van der Waals surface area contributed by atoms with E-state index in [0.717, 1.165) is 44.0 Å². The summed E-state index contributed by atoms with van der Waals surface area (Å²) < 4.78 is 7.49. The number of nitrogens with zero attached hydrogens (tertiary/aromatic N) is 1. The number of hydrogen-bond donors (Lipinski definition) is 4. The predicted molar refractivity (Wildman–Crippen MR) is 259 cm³/mol. The molecule has 0 aromatic heterocycles. The second kappa shape index (κ2) is 19.2. The number of phenolic OH excluding ortho intramolecular Hbond substituents is 1. The molecule has 4 N–H and O–H groups in total. The number of amides is 2. The van der Waals surface area contributed by atoms with Crippen LogP contribution in [0.1, 0.15) is 51.2 Å². The lowest BCUT2D eigenvalue weighted by molar-refractivity contribution is -0.123. The molecule has 0 spiro atoms. The lowest BCUT2D eigenvalue weighted by atomic mass is 9.68. The molecule has 1 aliphatic carbocycles. The van der Waals surface area contributed by atoms with Crippen molar-refractivity contribution in [3.8, 4) is 5.75 Å². The topological polar surface area (TPSA) is 119 Å². The Morgan fingerprint density at radius 3 is 1.86 bits per heavy atom. The van der Waals surface area contributed by atoms with Crippen LogP contribution in [0.15, 0.2) is 181 Å². The summed E-state index contributed by atoms with van der Waals surface area (Å²) in [5, 5.41) is 39.2. The fourth-order valence-electron chi connectivity index (χ4n) is 9.86. The van der Waals surface area contributed by atoms with Crippen LogP contribution in [0.25, 0.3) is 11.6 Å². The molecule has 4 atom stereocenters. The molecule has 8 rings (SSSR count). The number of aromatic hydroxyl groups is 1. The van der Waals surface area contributed by atoms with Gasteiger partial charge in [-0.15, -0.1) is 0 Å². The van der Waals surface area contributed by atoms with E-state index in [1.807, 2.05) is 121 Å². The van der Waals surface area contributed by atoms with E-state index in [1.54, 1.807) is 24.3 Å². The molecular weight excluding hydrogens is 813 g/mol. The number of nitrogens with one attached hydrogen (secondary N) is 1. The second-order valence-corrected chi connectivity index (χ2v) is 22.2. The monoisotopic (exact) mass is 868 g/mol. The summed E-state index contributed by atoms with van der Waals surface area (Å²) in [7, 11) is -3.10. The first kappa shape index (κ1) is 44.3. The van der Waals surface area contributed by atoms with Gasteiger partial charge in [0.1, 0.15) is 5.75 Å². The molecule has 0 radical (unpaired) electrons. The van der Waals surface area contributed by atoms with Crippen LogP contribution in [0.4, 0.5) is 17.1 Å². The number of carbonyl (C=O) groups is 2. The van der Waals surface area contributed by atoms with E-state index < -0.39 is 38.8 Å². The number of anilines is 3. The minimum Gasteiger partial charge on any atom is -0.508 e. The summed E-state index contributed by atoms with van der Waals surface area (Å²) in [5.41, 5.74) is 6.37. The van der Waals surface area contributed by atoms with Crippen LogP contribution < -0.4 is 20.6 Å². The molecule has 1 fully saturated rings. The van der Waals surface area contributed by atoms with Crippen molar-refractivity contribution in [2.24, 2.45) is 17.8 Å². The first-order chi connectivity index (χ1) is 31.0. The zero-order chi connectivity index (χ0) is 44.8. The number of allylic oxidation sites excluding steroid dienone is 1. The van der Waals surface area contributed by atoms with Crippen LogP contribution in [0, 0.1) is 17.8 Å². The molecular formula is C55H56N2O6Si. The van der Waals surface area contributed by atoms with Crippen LogP contribution in [0.3, 0.4) is 0 Å². The van der Waals surface area contributed by atoms with Gasteiger partial charge in [-0.2, -0.15) is 0 Å². The zero-order valence-electron chi connectivity index (χ0n) is 36.6. The van der Waals surface area contributed by atoms with Crippen LogP contribution >= 0.6 is 0 Å². The Morgan fingerprint density at radius 1 is 0.750 bits per heavy atom. The van der Waals surface area contributed by atoms with Crippen LogP contribution in [0.5, 0.6) is 5.75 Å². The Labute approximate surface area is 377 Å². The third kappa shape index (κ3) is 9.03. The molecule has 2 amide bonds. The lowest BCUT2D eigenvalue weighted by Gasteiger charge is -2.44. The van der Waals surface area contributed by atoms with Crippen LogP contribution in [0.2, 0.25) is 5.04 Å². The van der Waals surface area contributed by atoms with E-state index in [-0.39, 0.29) is 42.1 Å². The molecule has 9 heteroatoms. The van der Waals surface area contributed by atoms with Crippen molar-refractivity contribution in [2.45, 2.75) is 51.2 Å². The van der Waals surface area contributed by atoms with Gasteiger partial charge in [-0.05, 0) is 111 Å². The highest BCUT2D eigenvalue weighted by Crippen LogP contribution is 2.48. The SMILES string of the molecule is CC(C)(C)[Si](OCC1=C([C@H](O)CC/C(=C/c2ccc(O)cc2)c2ccccc2)[C@H](CO)[C@@H]2C(=O)N(c3ccc(Nc4ccccc4)cc3)C(=O)[C@@H]2C1)(c1ccccc1)c1ccccc1. The minimum absolute atomic E-state index is 0.107. The van der Waals surface area contributed by atoms with Crippen molar-refractivity contribution in [1.82, 2.24) is 0 Å². The summed E-state index contributed by atoms with van der Waals surface area (Å²) in [6.07, 6.45) is 1.94. The van der Waals surface area contributed by atoms with Gasteiger partial charge >= 0.3 is 0 Å². The molecule has 1 saturated heterocycles. The maximum Gasteiger partial charge on any atom is 0.261 e.